The molecule has 2 unspecified atom stereocenters. The van der Waals surface area contributed by atoms with Gasteiger partial charge in [-0.2, -0.15) is 0 Å². The monoisotopic (exact) mass is 457 g/mol. The number of halogens is 1. The maximum Gasteiger partial charge on any atom is 0.272 e. The normalized spacial score (nSPS) is 18.3. The lowest BCUT2D eigenvalue weighted by Gasteiger charge is -2.17. The molecule has 1 amide bonds. The van der Waals surface area contributed by atoms with E-state index >= 15 is 0 Å². The van der Waals surface area contributed by atoms with Gasteiger partial charge >= 0.3 is 0 Å². The van der Waals surface area contributed by atoms with Crippen LogP contribution in [0.1, 0.15) is 28.0 Å². The molecule has 2 aromatic heterocycles. The summed E-state index contributed by atoms with van der Waals surface area (Å²) in [6.45, 7) is 1.06. The van der Waals surface area contributed by atoms with Crippen molar-refractivity contribution in [2.75, 3.05) is 11.9 Å². The molecule has 0 radical (unpaired) electrons. The lowest BCUT2D eigenvalue weighted by Crippen LogP contribution is -2.33. The first-order valence-electron chi connectivity index (χ1n) is 9.95. The van der Waals surface area contributed by atoms with Crippen molar-refractivity contribution in [2.45, 2.75) is 30.4 Å². The highest BCUT2D eigenvalue weighted by atomic mass is 35.5. The highest BCUT2D eigenvalue weighted by Gasteiger charge is 2.27. The van der Waals surface area contributed by atoms with Crippen LogP contribution in [0.4, 0.5) is 5.69 Å². The highest BCUT2D eigenvalue weighted by Crippen LogP contribution is 2.27. The van der Waals surface area contributed by atoms with Gasteiger partial charge in [0.2, 0.25) is 0 Å². The number of rotatable bonds is 6. The Morgan fingerprint density at radius 1 is 1.39 bits per heavy atom. The molecular weight excluding hydrogens is 434 g/mol. The Balaban J connectivity index is 1.44. The van der Waals surface area contributed by atoms with Crippen LogP contribution in [0.25, 0.3) is 0 Å². The second kappa shape index (κ2) is 9.74. The van der Waals surface area contributed by atoms with Gasteiger partial charge in [-0.15, -0.1) is 0 Å². The predicted octanol–water partition coefficient (Wildman–Crippen LogP) is 4.10. The van der Waals surface area contributed by atoms with Crippen molar-refractivity contribution in [3.8, 4) is 0 Å². The van der Waals surface area contributed by atoms with E-state index in [9.17, 15) is 4.79 Å². The first-order valence-corrected chi connectivity index (χ1v) is 11.6. The molecule has 1 aromatic carbocycles. The summed E-state index contributed by atoms with van der Waals surface area (Å²) >= 11 is 5.93. The zero-order chi connectivity index (χ0) is 21.8. The molecule has 2 atom stereocenters. The molecule has 9 heteroatoms. The summed E-state index contributed by atoms with van der Waals surface area (Å²) in [4.78, 5) is 17.8. The quantitative estimate of drug-likeness (QED) is 0.486. The van der Waals surface area contributed by atoms with Crippen molar-refractivity contribution in [3.05, 3.63) is 76.8 Å². The molecule has 162 valence electrons. The number of fused-ring (bicyclic) bond motifs is 1. The first kappa shape index (κ1) is 21.7. The van der Waals surface area contributed by atoms with Crippen LogP contribution in [0.5, 0.6) is 0 Å². The third-order valence-electron chi connectivity index (χ3n) is 5.12. The molecular formula is C22H24ClN5O2S. The number of hydrogen-bond donors (Lipinski definition) is 3. The van der Waals surface area contributed by atoms with Gasteiger partial charge in [-0.25, -0.2) is 9.71 Å². The van der Waals surface area contributed by atoms with Gasteiger partial charge in [0.1, 0.15) is 10.8 Å². The molecule has 3 N–H and O–H groups in total. The summed E-state index contributed by atoms with van der Waals surface area (Å²) in [6, 6.07) is 13.4. The molecule has 1 aliphatic rings. The molecule has 0 saturated carbocycles. The van der Waals surface area contributed by atoms with Gasteiger partial charge < -0.3 is 14.6 Å². The molecule has 0 fully saturated rings. The largest absolute Gasteiger partial charge is 0.375 e. The minimum Gasteiger partial charge on any atom is -0.375 e. The van der Waals surface area contributed by atoms with Crippen LogP contribution in [-0.4, -0.2) is 28.1 Å². The van der Waals surface area contributed by atoms with Crippen LogP contribution in [0.15, 0.2) is 59.8 Å². The fourth-order valence-corrected chi connectivity index (χ4v) is 5.18. The van der Waals surface area contributed by atoms with Crippen molar-refractivity contribution >= 4 is 34.1 Å². The number of carbonyl (C=O) groups excluding carboxylic acids is 1. The molecule has 31 heavy (non-hydrogen) atoms. The summed E-state index contributed by atoms with van der Waals surface area (Å²) in [5.74, 6) is -0.221. The summed E-state index contributed by atoms with van der Waals surface area (Å²) < 4.78 is 19.7. The second-order valence-electron chi connectivity index (χ2n) is 7.41. The molecule has 3 aromatic rings. The van der Waals surface area contributed by atoms with Gasteiger partial charge in [0.15, 0.2) is 0 Å². The molecule has 3 heterocycles. The Bertz CT molecular complexity index is 1100. The molecule has 0 aliphatic carbocycles. The first-order chi connectivity index (χ1) is 15.0. The SMILES string of the molecule is Cn1cc2c(c1C(=O)Nc1ccnc(Cl)c1)CCC(COCc1ccccc1)NS2=N. The Labute approximate surface area is 188 Å². The minimum atomic E-state index is -0.929. The van der Waals surface area contributed by atoms with E-state index in [2.05, 4.69) is 15.0 Å². The van der Waals surface area contributed by atoms with Crippen molar-refractivity contribution in [1.82, 2.24) is 14.3 Å². The maximum atomic E-state index is 13.0. The number of ether oxygens (including phenoxy) is 1. The number of aryl methyl sites for hydroxylation is 1. The topological polar surface area (TPSA) is 92.0 Å². The lowest BCUT2D eigenvalue weighted by atomic mass is 10.1. The van der Waals surface area contributed by atoms with Gasteiger partial charge in [0.25, 0.3) is 5.91 Å². The van der Waals surface area contributed by atoms with Crippen LogP contribution < -0.4 is 10.0 Å². The molecule has 7 nitrogen and oxygen atoms in total. The number of amides is 1. The number of nitrogens with one attached hydrogen (secondary N) is 3. The third kappa shape index (κ3) is 5.22. The van der Waals surface area contributed by atoms with Gasteiger partial charge in [-0.05, 0) is 47.0 Å². The zero-order valence-electron chi connectivity index (χ0n) is 17.1. The van der Waals surface area contributed by atoms with Crippen molar-refractivity contribution in [2.24, 2.45) is 7.05 Å². The molecule has 0 bridgehead atoms. The summed E-state index contributed by atoms with van der Waals surface area (Å²) in [5.41, 5.74) is 3.20. The Morgan fingerprint density at radius 3 is 2.97 bits per heavy atom. The number of nitrogens with zero attached hydrogens (tertiary/aromatic N) is 2. The van der Waals surface area contributed by atoms with Crippen molar-refractivity contribution in [1.29, 1.82) is 4.78 Å². The predicted molar refractivity (Wildman–Crippen MR) is 122 cm³/mol. The van der Waals surface area contributed by atoms with Gasteiger partial charge in [0.05, 0.1) is 18.1 Å². The zero-order valence-corrected chi connectivity index (χ0v) is 18.7. The Kier molecular flexibility index (Phi) is 6.82. The number of anilines is 1. The van der Waals surface area contributed by atoms with Crippen LogP contribution >= 0.6 is 11.6 Å². The lowest BCUT2D eigenvalue weighted by molar-refractivity contribution is 0.101. The Morgan fingerprint density at radius 2 is 2.19 bits per heavy atom. The molecule has 4 rings (SSSR count). The maximum absolute atomic E-state index is 13.0. The Hall–Kier alpha value is -2.52. The van der Waals surface area contributed by atoms with Crippen LogP contribution in [0, 0.1) is 4.78 Å². The number of benzene rings is 1. The smallest absolute Gasteiger partial charge is 0.272 e. The second-order valence-corrected chi connectivity index (χ2v) is 9.09. The standard InChI is InChI=1S/C22H24ClN5O2S/c1-28-12-19-18(21(28)22(29)26-16-9-10-25-20(23)11-16)8-7-17(27-31(19)24)14-30-13-15-5-3-2-4-6-15/h2-6,9-12,17H,7-8,13-14H2,1H3,(H2,24,27)(H,25,26,29). The van der Waals surface area contributed by atoms with Crippen LogP contribution in [0.3, 0.4) is 0 Å². The average molecular weight is 458 g/mol. The third-order valence-corrected chi connectivity index (χ3v) is 6.69. The average Bonchev–Trinajstić information content (AvgIpc) is 3.01. The molecule has 1 aliphatic heterocycles. The van der Waals surface area contributed by atoms with Crippen LogP contribution in [-0.2, 0) is 35.7 Å². The number of hydrogen-bond acceptors (Lipinski definition) is 4. The fraction of sp³-hybridized carbons (Fsp3) is 0.273. The van der Waals surface area contributed by atoms with E-state index in [1.807, 2.05) is 43.6 Å². The van der Waals surface area contributed by atoms with E-state index < -0.39 is 10.9 Å². The van der Waals surface area contributed by atoms with E-state index in [1.165, 1.54) is 0 Å². The van der Waals surface area contributed by atoms with E-state index in [0.717, 1.165) is 22.4 Å². The van der Waals surface area contributed by atoms with Crippen molar-refractivity contribution < 1.29 is 9.53 Å². The van der Waals surface area contributed by atoms with Gasteiger partial charge in [0, 0.05) is 31.2 Å². The van der Waals surface area contributed by atoms with E-state index in [4.69, 9.17) is 21.1 Å². The summed E-state index contributed by atoms with van der Waals surface area (Å²) in [6.07, 6.45) is 4.91. The number of pyridine rings is 1. The summed E-state index contributed by atoms with van der Waals surface area (Å²) in [5, 5.41) is 3.21. The van der Waals surface area contributed by atoms with E-state index in [1.54, 1.807) is 22.9 Å². The van der Waals surface area contributed by atoms with Gasteiger partial charge in [-0.3, -0.25) is 9.57 Å². The fourth-order valence-electron chi connectivity index (χ4n) is 3.65. The van der Waals surface area contributed by atoms with E-state index in [0.29, 0.717) is 36.2 Å². The van der Waals surface area contributed by atoms with Gasteiger partial charge in [-0.1, -0.05) is 41.9 Å². The highest BCUT2D eigenvalue weighted by molar-refractivity contribution is 7.84. The van der Waals surface area contributed by atoms with Crippen molar-refractivity contribution in [3.63, 3.8) is 0 Å². The minimum absolute atomic E-state index is 0.0529. The summed E-state index contributed by atoms with van der Waals surface area (Å²) in [7, 11) is 0.905. The number of carbonyl (C=O) groups is 1. The number of aromatic nitrogens is 2. The molecule has 0 saturated heterocycles. The van der Waals surface area contributed by atoms with E-state index in [-0.39, 0.29) is 11.9 Å². The molecule has 0 spiro atoms. The van der Waals surface area contributed by atoms with Crippen LogP contribution in [0.2, 0.25) is 5.15 Å².